The smallest absolute Gasteiger partial charge is 0.269 e. The number of hydrogen-bond donors (Lipinski definition) is 0. The Morgan fingerprint density at radius 1 is 1.23 bits per heavy atom. The highest BCUT2D eigenvalue weighted by Crippen LogP contribution is 2.23. The lowest BCUT2D eigenvalue weighted by Crippen LogP contribution is -2.49. The number of fused-ring (bicyclic) bond motifs is 1. The number of likely N-dealkylation sites (N-methyl/N-ethyl adjacent to an activating group) is 1. The lowest BCUT2D eigenvalue weighted by atomic mass is 10.2. The monoisotopic (exact) mass is 319 g/mol. The zero-order valence-corrected chi connectivity index (χ0v) is 13.8. The Labute approximate surface area is 133 Å². The molecule has 6 heteroatoms. The molecule has 0 saturated carbocycles. The molecule has 1 aliphatic rings. The quantitative estimate of drug-likeness (QED) is 0.866. The van der Waals surface area contributed by atoms with E-state index in [1.807, 2.05) is 36.1 Å². The first-order valence-electron chi connectivity index (χ1n) is 7.69. The molecule has 118 valence electrons. The zero-order valence-electron chi connectivity index (χ0n) is 13.0. The molecule has 1 amide bonds. The van der Waals surface area contributed by atoms with E-state index in [4.69, 9.17) is 0 Å². The lowest BCUT2D eigenvalue weighted by Gasteiger charge is -2.34. The normalized spacial score (nSPS) is 17.8. The topological polar surface area (TPSA) is 45.6 Å². The van der Waals surface area contributed by atoms with E-state index in [1.165, 1.54) is 11.5 Å². The van der Waals surface area contributed by atoms with Crippen LogP contribution in [0.4, 0.5) is 0 Å². The number of benzene rings is 1. The molecule has 0 aliphatic carbocycles. The van der Waals surface area contributed by atoms with Crippen molar-refractivity contribution >= 4 is 27.5 Å². The van der Waals surface area contributed by atoms with Gasteiger partial charge in [0.25, 0.3) is 5.56 Å². The van der Waals surface area contributed by atoms with E-state index < -0.39 is 0 Å². The van der Waals surface area contributed by atoms with Gasteiger partial charge in [-0.2, -0.15) is 0 Å². The minimum absolute atomic E-state index is 0.0464. The summed E-state index contributed by atoms with van der Waals surface area (Å²) < 4.78 is 2.60. The third-order valence-corrected chi connectivity index (χ3v) is 5.45. The Morgan fingerprint density at radius 2 is 1.91 bits per heavy atom. The van der Waals surface area contributed by atoms with Crippen LogP contribution in [0.3, 0.4) is 0 Å². The van der Waals surface area contributed by atoms with Crippen LogP contribution in [0.5, 0.6) is 0 Å². The van der Waals surface area contributed by atoms with Gasteiger partial charge in [0.1, 0.15) is 6.04 Å². The van der Waals surface area contributed by atoms with Crippen LogP contribution in [0.2, 0.25) is 0 Å². The fraction of sp³-hybridized carbons (Fsp3) is 0.500. The fourth-order valence-corrected chi connectivity index (χ4v) is 4.03. The predicted octanol–water partition coefficient (Wildman–Crippen LogP) is 1.79. The van der Waals surface area contributed by atoms with Crippen LogP contribution < -0.4 is 5.56 Å². The molecule has 1 unspecified atom stereocenters. The van der Waals surface area contributed by atoms with E-state index in [9.17, 15) is 9.59 Å². The second kappa shape index (κ2) is 6.22. The van der Waals surface area contributed by atoms with Crippen LogP contribution in [0, 0.1) is 0 Å². The van der Waals surface area contributed by atoms with E-state index >= 15 is 0 Å². The van der Waals surface area contributed by atoms with Crippen molar-refractivity contribution in [3.63, 3.8) is 0 Å². The van der Waals surface area contributed by atoms with Gasteiger partial charge in [-0.3, -0.25) is 13.5 Å². The van der Waals surface area contributed by atoms with Gasteiger partial charge >= 0.3 is 0 Å². The van der Waals surface area contributed by atoms with E-state index in [0.717, 1.165) is 30.9 Å². The van der Waals surface area contributed by atoms with Crippen molar-refractivity contribution in [1.29, 1.82) is 0 Å². The van der Waals surface area contributed by atoms with Crippen LogP contribution in [-0.2, 0) is 4.79 Å². The molecule has 0 N–H and O–H groups in total. The highest BCUT2D eigenvalue weighted by atomic mass is 32.1. The molecule has 1 aromatic carbocycles. The number of carbonyl (C=O) groups is 1. The van der Waals surface area contributed by atoms with Crippen molar-refractivity contribution in [3.8, 4) is 0 Å². The van der Waals surface area contributed by atoms with Crippen molar-refractivity contribution < 1.29 is 4.79 Å². The van der Waals surface area contributed by atoms with E-state index in [0.29, 0.717) is 11.8 Å². The zero-order chi connectivity index (χ0) is 15.7. The predicted molar refractivity (Wildman–Crippen MR) is 89.5 cm³/mol. The first-order chi connectivity index (χ1) is 10.6. The van der Waals surface area contributed by atoms with Gasteiger partial charge < -0.3 is 9.80 Å². The Bertz CT molecular complexity index is 728. The second-order valence-electron chi connectivity index (χ2n) is 5.77. The fourth-order valence-electron chi connectivity index (χ4n) is 2.87. The van der Waals surface area contributed by atoms with Gasteiger partial charge in [0.05, 0.1) is 10.1 Å². The molecule has 5 nitrogen and oxygen atoms in total. The molecular weight excluding hydrogens is 298 g/mol. The van der Waals surface area contributed by atoms with E-state index in [1.54, 1.807) is 3.96 Å². The molecular formula is C16H21N3O2S. The summed E-state index contributed by atoms with van der Waals surface area (Å²) >= 11 is 1.40. The number of nitrogens with zero attached hydrogens (tertiary/aromatic N) is 3. The molecule has 2 aromatic rings. The average molecular weight is 319 g/mol. The Kier molecular flexibility index (Phi) is 4.31. The summed E-state index contributed by atoms with van der Waals surface area (Å²) in [5, 5.41) is 0.706. The number of hydrogen-bond acceptors (Lipinski definition) is 4. The molecule has 1 fully saturated rings. The third kappa shape index (κ3) is 2.68. The third-order valence-electron chi connectivity index (χ3n) is 4.28. The van der Waals surface area contributed by atoms with Crippen molar-refractivity contribution in [2.24, 2.45) is 0 Å². The van der Waals surface area contributed by atoms with Gasteiger partial charge in [-0.15, -0.1) is 0 Å². The molecule has 3 rings (SSSR count). The number of aromatic nitrogens is 1. The highest BCUT2D eigenvalue weighted by Gasteiger charge is 2.28. The van der Waals surface area contributed by atoms with Crippen LogP contribution >= 0.6 is 11.5 Å². The van der Waals surface area contributed by atoms with Crippen molar-refractivity contribution in [2.45, 2.75) is 19.4 Å². The van der Waals surface area contributed by atoms with Crippen LogP contribution in [0.25, 0.3) is 10.1 Å². The Hall–Kier alpha value is -1.66. The number of carbonyl (C=O) groups excluding carboxylic acids is 1. The maximum Gasteiger partial charge on any atom is 0.269 e. The van der Waals surface area contributed by atoms with Gasteiger partial charge in [0.2, 0.25) is 5.91 Å². The number of piperazine rings is 1. The summed E-state index contributed by atoms with van der Waals surface area (Å²) in [7, 11) is 2.07. The van der Waals surface area contributed by atoms with E-state index in [-0.39, 0.29) is 17.5 Å². The molecule has 0 radical (unpaired) electrons. The molecule has 22 heavy (non-hydrogen) atoms. The summed E-state index contributed by atoms with van der Waals surface area (Å²) in [6, 6.07) is 7.17. The molecule has 2 heterocycles. The highest BCUT2D eigenvalue weighted by molar-refractivity contribution is 7.14. The van der Waals surface area contributed by atoms with Gasteiger partial charge in [-0.25, -0.2) is 0 Å². The summed E-state index contributed by atoms with van der Waals surface area (Å²) in [5.74, 6) is 0.0734. The number of amides is 1. The Morgan fingerprint density at radius 3 is 2.55 bits per heavy atom. The minimum Gasteiger partial charge on any atom is -0.338 e. The molecule has 1 aromatic heterocycles. The van der Waals surface area contributed by atoms with Crippen molar-refractivity contribution in [2.75, 3.05) is 33.2 Å². The van der Waals surface area contributed by atoms with Gasteiger partial charge in [0, 0.05) is 26.2 Å². The van der Waals surface area contributed by atoms with Crippen LogP contribution in [0.15, 0.2) is 29.1 Å². The van der Waals surface area contributed by atoms with Gasteiger partial charge in [-0.1, -0.05) is 30.6 Å². The molecule has 0 bridgehead atoms. The standard InChI is InChI=1S/C16H21N3O2S/c1-3-13(16(21)18-10-8-17(2)9-11-18)19-15(20)12-6-4-5-7-14(12)22-19/h4-7,13H,3,8-11H2,1-2H3. The summed E-state index contributed by atoms with van der Waals surface area (Å²) in [6.07, 6.45) is 0.637. The Balaban J connectivity index is 1.91. The minimum atomic E-state index is -0.381. The summed E-state index contributed by atoms with van der Waals surface area (Å²) in [6.45, 7) is 5.24. The second-order valence-corrected chi connectivity index (χ2v) is 6.79. The maximum absolute atomic E-state index is 12.8. The summed E-state index contributed by atoms with van der Waals surface area (Å²) in [4.78, 5) is 29.5. The van der Waals surface area contributed by atoms with Crippen LogP contribution in [-0.4, -0.2) is 52.9 Å². The molecule has 0 spiro atoms. The first-order valence-corrected chi connectivity index (χ1v) is 8.47. The van der Waals surface area contributed by atoms with Crippen molar-refractivity contribution in [1.82, 2.24) is 13.8 Å². The van der Waals surface area contributed by atoms with Crippen LogP contribution in [0.1, 0.15) is 19.4 Å². The summed E-state index contributed by atoms with van der Waals surface area (Å²) in [5.41, 5.74) is -0.0464. The largest absolute Gasteiger partial charge is 0.338 e. The lowest BCUT2D eigenvalue weighted by molar-refractivity contribution is -0.136. The van der Waals surface area contributed by atoms with Gasteiger partial charge in [-0.05, 0) is 25.6 Å². The molecule has 1 aliphatic heterocycles. The molecule has 1 saturated heterocycles. The van der Waals surface area contributed by atoms with Crippen molar-refractivity contribution in [3.05, 3.63) is 34.6 Å². The average Bonchev–Trinajstić information content (AvgIpc) is 2.86. The first kappa shape index (κ1) is 15.2. The van der Waals surface area contributed by atoms with Gasteiger partial charge in [0.15, 0.2) is 0 Å². The molecule has 1 atom stereocenters. The van der Waals surface area contributed by atoms with E-state index in [2.05, 4.69) is 11.9 Å². The SMILES string of the molecule is CCC(C(=O)N1CCN(C)CC1)n1sc2ccccc2c1=O. The number of rotatable bonds is 3. The maximum atomic E-state index is 12.8.